The van der Waals surface area contributed by atoms with Crippen molar-refractivity contribution in [2.24, 2.45) is 7.05 Å². The molecule has 34 heavy (non-hydrogen) atoms. The predicted octanol–water partition coefficient (Wildman–Crippen LogP) is 4.74. The minimum Gasteiger partial charge on any atom is -0.325 e. The minimum absolute atomic E-state index is 0.0942. The average molecular weight is 463 g/mol. The Labute approximate surface area is 193 Å². The van der Waals surface area contributed by atoms with Gasteiger partial charge in [-0.3, -0.25) is 14.5 Å². The Bertz CT molecular complexity index is 1440. The van der Waals surface area contributed by atoms with E-state index in [2.05, 4.69) is 15.1 Å². The van der Waals surface area contributed by atoms with Crippen molar-refractivity contribution in [1.29, 1.82) is 0 Å². The van der Waals surface area contributed by atoms with Crippen LogP contribution in [0.3, 0.4) is 0 Å². The Kier molecular flexibility index (Phi) is 4.68. The molecule has 1 aromatic carbocycles. The Balaban J connectivity index is 1.42. The average Bonchev–Trinajstić information content (AvgIpc) is 3.16. The second kappa shape index (κ2) is 7.65. The Hall–Kier alpha value is -3.75. The summed E-state index contributed by atoms with van der Waals surface area (Å²) in [6.45, 7) is 0. The number of nitrogens with zero attached hydrogens (tertiary/aromatic N) is 5. The summed E-state index contributed by atoms with van der Waals surface area (Å²) < 4.78 is 43.1. The molecule has 1 amide bonds. The van der Waals surface area contributed by atoms with Crippen LogP contribution in [0.15, 0.2) is 42.6 Å². The fourth-order valence-electron chi connectivity index (χ4n) is 5.41. The number of carbonyl (C=O) groups is 1. The molecule has 2 aliphatic heterocycles. The van der Waals surface area contributed by atoms with Crippen LogP contribution in [0.2, 0.25) is 0 Å². The van der Waals surface area contributed by atoms with E-state index in [1.54, 1.807) is 36.1 Å². The summed E-state index contributed by atoms with van der Waals surface area (Å²) in [6, 6.07) is 8.71. The Morgan fingerprint density at radius 2 is 1.85 bits per heavy atom. The summed E-state index contributed by atoms with van der Waals surface area (Å²) in [4.78, 5) is 24.3. The van der Waals surface area contributed by atoms with Gasteiger partial charge in [-0.25, -0.2) is 18.2 Å². The van der Waals surface area contributed by atoms with E-state index in [1.807, 2.05) is 11.0 Å². The predicted molar refractivity (Wildman–Crippen MR) is 118 cm³/mol. The lowest BCUT2D eigenvalue weighted by molar-refractivity contribution is 0.0386. The topological polar surface area (TPSA) is 63.9 Å². The summed E-state index contributed by atoms with van der Waals surface area (Å²) in [5, 5.41) is 4.66. The monoisotopic (exact) mass is 463 g/mol. The highest BCUT2D eigenvalue weighted by atomic mass is 19.2. The standard InChI is InChI=1S/C25H20F3N5O/c1-32-24(13-10-16(26)22(28)17(27)11-13)15-12-14-4-2-6-21(23(15)31-32)33(14)25(34)20-8-7-18-19(30-20)5-3-9-29-18/h3,5,7-11,14,21H,2,4,6,12H2,1H3. The van der Waals surface area contributed by atoms with Gasteiger partial charge in [0.1, 0.15) is 5.69 Å². The largest absolute Gasteiger partial charge is 0.325 e. The summed E-state index contributed by atoms with van der Waals surface area (Å²) in [6.07, 6.45) is 4.65. The first-order chi connectivity index (χ1) is 16.4. The van der Waals surface area contributed by atoms with Gasteiger partial charge in [-0.1, -0.05) is 0 Å². The van der Waals surface area contributed by atoms with Crippen LogP contribution in [0.4, 0.5) is 13.2 Å². The molecule has 1 fully saturated rings. The van der Waals surface area contributed by atoms with Crippen molar-refractivity contribution in [3.05, 3.63) is 77.0 Å². The molecule has 0 aliphatic carbocycles. The molecule has 0 radical (unpaired) electrons. The van der Waals surface area contributed by atoms with E-state index in [4.69, 9.17) is 0 Å². The zero-order valence-electron chi connectivity index (χ0n) is 18.3. The first kappa shape index (κ1) is 20.8. The zero-order chi connectivity index (χ0) is 23.6. The highest BCUT2D eigenvalue weighted by Crippen LogP contribution is 2.45. The first-order valence-electron chi connectivity index (χ1n) is 11.2. The van der Waals surface area contributed by atoms with Crippen LogP contribution < -0.4 is 0 Å². The van der Waals surface area contributed by atoms with Crippen LogP contribution >= 0.6 is 0 Å². The van der Waals surface area contributed by atoms with Gasteiger partial charge in [-0.15, -0.1) is 0 Å². The third-order valence-corrected chi connectivity index (χ3v) is 6.84. The molecule has 6 rings (SSSR count). The van der Waals surface area contributed by atoms with Gasteiger partial charge in [-0.05, 0) is 62.1 Å². The van der Waals surface area contributed by atoms with E-state index in [0.717, 1.165) is 42.7 Å². The lowest BCUT2D eigenvalue weighted by Gasteiger charge is -2.45. The number of piperidine rings is 1. The van der Waals surface area contributed by atoms with E-state index in [9.17, 15) is 18.0 Å². The maximum Gasteiger partial charge on any atom is 0.273 e. The normalized spacial score (nSPS) is 19.4. The summed E-state index contributed by atoms with van der Waals surface area (Å²) >= 11 is 0. The number of benzene rings is 1. The lowest BCUT2D eigenvalue weighted by Crippen LogP contribution is -2.50. The molecule has 3 aromatic heterocycles. The molecule has 9 heteroatoms. The van der Waals surface area contributed by atoms with E-state index >= 15 is 0 Å². The fourth-order valence-corrected chi connectivity index (χ4v) is 5.41. The molecular formula is C25H20F3N5O. The van der Waals surface area contributed by atoms with Crippen LogP contribution in [0.1, 0.15) is 47.1 Å². The number of hydrogen-bond acceptors (Lipinski definition) is 4. The molecule has 5 heterocycles. The van der Waals surface area contributed by atoms with Crippen molar-refractivity contribution in [3.8, 4) is 11.3 Å². The van der Waals surface area contributed by atoms with Crippen molar-refractivity contribution >= 4 is 16.9 Å². The van der Waals surface area contributed by atoms with E-state index in [0.29, 0.717) is 28.8 Å². The molecule has 0 N–H and O–H groups in total. The zero-order valence-corrected chi connectivity index (χ0v) is 18.3. The summed E-state index contributed by atoms with van der Waals surface area (Å²) in [7, 11) is 1.70. The number of aryl methyl sites for hydroxylation is 1. The molecule has 2 aliphatic rings. The molecule has 1 saturated heterocycles. The van der Waals surface area contributed by atoms with Gasteiger partial charge in [-0.2, -0.15) is 5.10 Å². The minimum atomic E-state index is -1.49. The van der Waals surface area contributed by atoms with Crippen LogP contribution in [-0.2, 0) is 13.5 Å². The number of hydrogen-bond donors (Lipinski definition) is 0. The van der Waals surface area contributed by atoms with Crippen molar-refractivity contribution in [3.63, 3.8) is 0 Å². The number of aromatic nitrogens is 4. The number of amides is 1. The van der Waals surface area contributed by atoms with Gasteiger partial charge in [0.05, 0.1) is 28.5 Å². The molecule has 2 unspecified atom stereocenters. The second-order valence-electron chi connectivity index (χ2n) is 8.85. The summed E-state index contributed by atoms with van der Waals surface area (Å²) in [5.74, 6) is -4.15. The number of carbonyl (C=O) groups excluding carboxylic acids is 1. The van der Waals surface area contributed by atoms with Crippen molar-refractivity contribution in [2.45, 2.75) is 37.8 Å². The molecule has 2 bridgehead atoms. The van der Waals surface area contributed by atoms with Gasteiger partial charge in [0.15, 0.2) is 17.5 Å². The molecule has 6 nitrogen and oxygen atoms in total. The van der Waals surface area contributed by atoms with Gasteiger partial charge in [0.2, 0.25) is 0 Å². The third-order valence-electron chi connectivity index (χ3n) is 6.84. The maximum atomic E-state index is 14.0. The fraction of sp³-hybridized carbons (Fsp3) is 0.280. The van der Waals surface area contributed by atoms with E-state index in [-0.39, 0.29) is 23.6 Å². The van der Waals surface area contributed by atoms with Gasteiger partial charge in [0.25, 0.3) is 5.91 Å². The van der Waals surface area contributed by atoms with Gasteiger partial charge >= 0.3 is 0 Å². The second-order valence-corrected chi connectivity index (χ2v) is 8.85. The van der Waals surface area contributed by atoms with E-state index in [1.165, 1.54) is 0 Å². The Morgan fingerprint density at radius 1 is 1.06 bits per heavy atom. The SMILES string of the molecule is Cn1nc2c(c1-c1cc(F)c(F)c(F)c1)CC1CCCC2N1C(=O)c1ccc2ncccc2n1. The number of halogens is 3. The Morgan fingerprint density at radius 3 is 2.65 bits per heavy atom. The van der Waals surface area contributed by atoms with Crippen molar-refractivity contribution in [2.75, 3.05) is 0 Å². The highest BCUT2D eigenvalue weighted by Gasteiger charge is 2.44. The first-order valence-corrected chi connectivity index (χ1v) is 11.2. The van der Waals surface area contributed by atoms with Crippen molar-refractivity contribution < 1.29 is 18.0 Å². The number of rotatable bonds is 2. The van der Waals surface area contributed by atoms with Crippen LogP contribution in [-0.4, -0.2) is 36.6 Å². The maximum absolute atomic E-state index is 14.0. The van der Waals surface area contributed by atoms with Gasteiger partial charge < -0.3 is 4.90 Å². The molecular weight excluding hydrogens is 443 g/mol. The highest BCUT2D eigenvalue weighted by molar-refractivity contribution is 5.95. The molecule has 4 aromatic rings. The van der Waals surface area contributed by atoms with Crippen molar-refractivity contribution in [1.82, 2.24) is 24.6 Å². The molecule has 0 saturated carbocycles. The van der Waals surface area contributed by atoms with Crippen LogP contribution in [0.5, 0.6) is 0 Å². The summed E-state index contributed by atoms with van der Waals surface area (Å²) in [5.41, 5.74) is 4.06. The molecule has 2 atom stereocenters. The van der Waals surface area contributed by atoms with Crippen LogP contribution in [0.25, 0.3) is 22.3 Å². The number of fused-ring (bicyclic) bond motifs is 5. The molecule has 0 spiro atoms. The van der Waals surface area contributed by atoms with Gasteiger partial charge in [0, 0.05) is 30.4 Å². The number of pyridine rings is 2. The molecule has 172 valence electrons. The smallest absolute Gasteiger partial charge is 0.273 e. The lowest BCUT2D eigenvalue weighted by atomic mass is 9.81. The quantitative estimate of drug-likeness (QED) is 0.403. The van der Waals surface area contributed by atoms with Crippen LogP contribution in [0, 0.1) is 17.5 Å². The third kappa shape index (κ3) is 3.10. The van der Waals surface area contributed by atoms with E-state index < -0.39 is 17.5 Å².